The van der Waals surface area contributed by atoms with E-state index in [2.05, 4.69) is 156 Å². The van der Waals surface area contributed by atoms with Crippen LogP contribution in [0, 0.1) is 0 Å². The van der Waals surface area contributed by atoms with E-state index in [1.807, 2.05) is 0 Å². The number of nitrogens with zero attached hydrogens (tertiary/aromatic N) is 2. The van der Waals surface area contributed by atoms with Crippen molar-refractivity contribution in [1.29, 1.82) is 0 Å². The second kappa shape index (κ2) is 12.8. The summed E-state index contributed by atoms with van der Waals surface area (Å²) in [5.41, 5.74) is 11.2. The van der Waals surface area contributed by atoms with Crippen LogP contribution in [0.25, 0.3) is 39.7 Å². The van der Waals surface area contributed by atoms with Gasteiger partial charge in [-0.3, -0.25) is 0 Å². The Kier molecular flexibility index (Phi) is 8.15. The first-order chi connectivity index (χ1) is 21.8. The highest BCUT2D eigenvalue weighted by Gasteiger charge is 2.19. The number of hydrogen-bond donors (Lipinski definition) is 0. The molecule has 2 nitrogen and oxygen atoms in total. The highest BCUT2D eigenvalue weighted by atomic mass is 15.1. The van der Waals surface area contributed by atoms with E-state index in [0.717, 1.165) is 32.1 Å². The highest BCUT2D eigenvalue weighted by molar-refractivity contribution is 6.12. The summed E-state index contributed by atoms with van der Waals surface area (Å²) in [6.07, 6.45) is 26.2. The lowest BCUT2D eigenvalue weighted by Gasteiger charge is -2.28. The highest BCUT2D eigenvalue weighted by Crippen LogP contribution is 2.39. The van der Waals surface area contributed by atoms with E-state index in [4.69, 9.17) is 0 Å². The van der Waals surface area contributed by atoms with Gasteiger partial charge in [0, 0.05) is 33.5 Å². The maximum atomic E-state index is 2.46. The van der Waals surface area contributed by atoms with Crippen molar-refractivity contribution in [1.82, 2.24) is 4.57 Å². The Balaban J connectivity index is 1.33. The first-order valence-electron chi connectivity index (χ1n) is 16.2. The zero-order chi connectivity index (χ0) is 29.7. The van der Waals surface area contributed by atoms with Crippen LogP contribution < -0.4 is 4.90 Å². The molecule has 2 aliphatic rings. The number of aromatic nitrogens is 1. The predicted molar refractivity (Wildman–Crippen MR) is 191 cm³/mol. The van der Waals surface area contributed by atoms with Crippen LogP contribution in [0.4, 0.5) is 11.4 Å². The van der Waals surface area contributed by atoms with E-state index >= 15 is 0 Å². The molecule has 0 bridgehead atoms. The molecule has 0 amide bonds. The van der Waals surface area contributed by atoms with Crippen LogP contribution in [0.1, 0.15) is 62.1 Å². The van der Waals surface area contributed by atoms with E-state index in [0.29, 0.717) is 0 Å². The van der Waals surface area contributed by atoms with Gasteiger partial charge in [0.25, 0.3) is 0 Å². The van der Waals surface area contributed by atoms with Gasteiger partial charge in [-0.2, -0.15) is 0 Å². The molecule has 1 aromatic heterocycles. The minimum Gasteiger partial charge on any atom is -0.311 e. The second-order valence-electron chi connectivity index (χ2n) is 11.9. The lowest BCUT2D eigenvalue weighted by molar-refractivity contribution is 0.796. The van der Waals surface area contributed by atoms with Crippen molar-refractivity contribution < 1.29 is 0 Å². The zero-order valence-corrected chi connectivity index (χ0v) is 25.6. The minimum absolute atomic E-state index is 1.06. The number of benzene rings is 4. The van der Waals surface area contributed by atoms with Crippen LogP contribution in [0.15, 0.2) is 133 Å². The smallest absolute Gasteiger partial charge is 0.0542 e. The summed E-state index contributed by atoms with van der Waals surface area (Å²) in [4.78, 5) is 2.42. The Morgan fingerprint density at radius 2 is 1.34 bits per heavy atom. The number of unbranched alkanes of at least 4 members (excludes halogenated alkanes) is 1. The molecule has 0 atom stereocenters. The van der Waals surface area contributed by atoms with Gasteiger partial charge >= 0.3 is 0 Å². The molecule has 0 saturated carbocycles. The molecule has 0 radical (unpaired) electrons. The van der Waals surface area contributed by atoms with Crippen LogP contribution in [0.3, 0.4) is 0 Å². The summed E-state index contributed by atoms with van der Waals surface area (Å²) >= 11 is 0. The lowest BCUT2D eigenvalue weighted by atomic mass is 10.0. The monoisotopic (exact) mass is 572 g/mol. The quantitative estimate of drug-likeness (QED) is 0.159. The molecule has 4 aromatic carbocycles. The standard InChI is InChI=1S/C42H40N2/c1-2-3-13-34-24-28-41-39(30-34)40-31-38(27-29-42(40)44(41)36-18-11-6-12-19-36)43(35-16-9-5-10-17-35)37-25-22-33(23-26-37)21-20-32-14-7-4-8-15-32/h4,7-9,11,14-31H,2-3,5-6,10,12-13H2,1H3/b21-20+. The number of fused-ring (bicyclic) bond motifs is 3. The maximum Gasteiger partial charge on any atom is 0.0542 e. The Hall–Kier alpha value is -4.82. The third-order valence-corrected chi connectivity index (χ3v) is 8.78. The van der Waals surface area contributed by atoms with Gasteiger partial charge in [0.2, 0.25) is 0 Å². The molecule has 2 heteroatoms. The molecule has 7 rings (SSSR count). The molecule has 0 unspecified atom stereocenters. The molecule has 44 heavy (non-hydrogen) atoms. The van der Waals surface area contributed by atoms with E-state index < -0.39 is 0 Å². The van der Waals surface area contributed by atoms with Crippen LogP contribution >= 0.6 is 0 Å². The topological polar surface area (TPSA) is 8.17 Å². The normalized spacial score (nSPS) is 14.8. The Labute approximate surface area is 261 Å². The summed E-state index contributed by atoms with van der Waals surface area (Å²) in [6, 6.07) is 33.6. The van der Waals surface area contributed by atoms with Crippen molar-refractivity contribution in [2.45, 2.75) is 51.9 Å². The fourth-order valence-corrected chi connectivity index (χ4v) is 6.48. The van der Waals surface area contributed by atoms with Gasteiger partial charge < -0.3 is 9.47 Å². The molecular formula is C42H40N2. The average molecular weight is 573 g/mol. The lowest BCUT2D eigenvalue weighted by Crippen LogP contribution is -2.16. The van der Waals surface area contributed by atoms with E-state index in [-0.39, 0.29) is 0 Å². The predicted octanol–water partition coefficient (Wildman–Crippen LogP) is 11.9. The second-order valence-corrected chi connectivity index (χ2v) is 11.9. The molecule has 0 fully saturated rings. The third-order valence-electron chi connectivity index (χ3n) is 8.78. The SMILES string of the molecule is CCCCc1ccc2c(c1)c1cc(N(C3=CCCC=C3)c3ccc(/C=C/c4ccccc4)cc3)ccc1n2C1=CCCC=C1. The Morgan fingerprint density at radius 1 is 0.659 bits per heavy atom. The summed E-state index contributed by atoms with van der Waals surface area (Å²) in [5, 5.41) is 2.65. The van der Waals surface area contributed by atoms with Crippen molar-refractivity contribution >= 4 is 51.0 Å². The van der Waals surface area contributed by atoms with E-state index in [1.54, 1.807) is 0 Å². The Morgan fingerprint density at radius 3 is 2.05 bits per heavy atom. The first kappa shape index (κ1) is 28.0. The van der Waals surface area contributed by atoms with Gasteiger partial charge in [-0.15, -0.1) is 0 Å². The van der Waals surface area contributed by atoms with Gasteiger partial charge in [-0.05, 0) is 110 Å². The van der Waals surface area contributed by atoms with Crippen molar-refractivity contribution in [3.63, 3.8) is 0 Å². The largest absolute Gasteiger partial charge is 0.311 e. The molecule has 0 saturated heterocycles. The summed E-state index contributed by atoms with van der Waals surface area (Å²) < 4.78 is 2.46. The van der Waals surface area contributed by atoms with Crippen LogP contribution in [-0.2, 0) is 6.42 Å². The first-order valence-corrected chi connectivity index (χ1v) is 16.2. The molecule has 0 N–H and O–H groups in total. The van der Waals surface area contributed by atoms with Crippen LogP contribution in [0.5, 0.6) is 0 Å². The molecule has 5 aromatic rings. The number of anilines is 2. The number of aryl methyl sites for hydroxylation is 1. The minimum atomic E-state index is 1.06. The van der Waals surface area contributed by atoms with Crippen molar-refractivity contribution in [2.75, 3.05) is 4.90 Å². The van der Waals surface area contributed by atoms with Gasteiger partial charge in [0.05, 0.1) is 11.0 Å². The number of hydrogen-bond acceptors (Lipinski definition) is 1. The zero-order valence-electron chi connectivity index (χ0n) is 25.6. The molecule has 1 heterocycles. The molecular weight excluding hydrogens is 532 g/mol. The van der Waals surface area contributed by atoms with Crippen LogP contribution in [0.2, 0.25) is 0 Å². The fourth-order valence-electron chi connectivity index (χ4n) is 6.48. The molecule has 218 valence electrons. The fraction of sp³-hybridized carbons (Fsp3) is 0.190. The summed E-state index contributed by atoms with van der Waals surface area (Å²) in [7, 11) is 0. The van der Waals surface area contributed by atoms with Gasteiger partial charge in [-0.1, -0.05) is 98.3 Å². The van der Waals surface area contributed by atoms with E-state index in [1.165, 1.54) is 74.1 Å². The third kappa shape index (κ3) is 5.73. The van der Waals surface area contributed by atoms with Gasteiger partial charge in [-0.25, -0.2) is 0 Å². The summed E-state index contributed by atoms with van der Waals surface area (Å²) in [6.45, 7) is 2.27. The molecule has 0 spiro atoms. The summed E-state index contributed by atoms with van der Waals surface area (Å²) in [5.74, 6) is 0. The van der Waals surface area contributed by atoms with E-state index in [9.17, 15) is 0 Å². The van der Waals surface area contributed by atoms with Crippen molar-refractivity contribution in [2.24, 2.45) is 0 Å². The van der Waals surface area contributed by atoms with Crippen molar-refractivity contribution in [3.05, 3.63) is 150 Å². The van der Waals surface area contributed by atoms with Gasteiger partial charge in [0.1, 0.15) is 0 Å². The Bertz CT molecular complexity index is 1930. The molecule has 0 aliphatic heterocycles. The van der Waals surface area contributed by atoms with Crippen LogP contribution in [-0.4, -0.2) is 4.57 Å². The molecule has 2 aliphatic carbocycles. The van der Waals surface area contributed by atoms with Gasteiger partial charge in [0.15, 0.2) is 0 Å². The number of allylic oxidation sites excluding steroid dienone is 7. The van der Waals surface area contributed by atoms with Crippen molar-refractivity contribution in [3.8, 4) is 0 Å². The number of rotatable bonds is 9. The average Bonchev–Trinajstić information content (AvgIpc) is 3.41. The maximum absolute atomic E-state index is 2.46.